The Bertz CT molecular complexity index is 378. The van der Waals surface area contributed by atoms with Crippen molar-refractivity contribution in [3.05, 3.63) is 11.8 Å². The van der Waals surface area contributed by atoms with E-state index in [1.165, 1.54) is 0 Å². The lowest BCUT2D eigenvalue weighted by Crippen LogP contribution is -2.16. The molecule has 0 spiro atoms. The van der Waals surface area contributed by atoms with Crippen LogP contribution in [0.3, 0.4) is 0 Å². The van der Waals surface area contributed by atoms with Gasteiger partial charge in [-0.25, -0.2) is 4.98 Å². The summed E-state index contributed by atoms with van der Waals surface area (Å²) in [6.07, 6.45) is 2.12. The first-order chi connectivity index (χ1) is 8.78. The first-order valence-corrected chi connectivity index (χ1v) is 6.60. The second-order valence-corrected chi connectivity index (χ2v) is 4.65. The number of hydrogen-bond donors (Lipinski definition) is 1. The van der Waals surface area contributed by atoms with Gasteiger partial charge in [0.1, 0.15) is 0 Å². The van der Waals surface area contributed by atoms with Gasteiger partial charge in [0, 0.05) is 24.2 Å². The van der Waals surface area contributed by atoms with Crippen LogP contribution in [0, 0.1) is 12.8 Å². The van der Waals surface area contributed by atoms with Gasteiger partial charge in [0.2, 0.25) is 5.88 Å². The fourth-order valence-corrected chi connectivity index (χ4v) is 1.91. The molecule has 0 saturated carbocycles. The third kappa shape index (κ3) is 3.84. The number of nitrogens with zero attached hydrogens (tertiary/aromatic N) is 2. The summed E-state index contributed by atoms with van der Waals surface area (Å²) < 4.78 is 11.2. The molecule has 2 heterocycles. The minimum Gasteiger partial charge on any atom is -0.478 e. The molecule has 1 aromatic heterocycles. The average molecular weight is 251 g/mol. The molecule has 100 valence electrons. The number of aromatic nitrogens is 2. The molecule has 18 heavy (non-hydrogen) atoms. The van der Waals surface area contributed by atoms with Gasteiger partial charge in [-0.2, -0.15) is 4.98 Å². The van der Waals surface area contributed by atoms with Crippen LogP contribution in [0.4, 0.5) is 0 Å². The van der Waals surface area contributed by atoms with E-state index in [1.807, 2.05) is 13.0 Å². The SMILES string of the molecule is CCCOc1cc(C)nc(OCC2CCNC2)n1. The Labute approximate surface area is 108 Å². The van der Waals surface area contributed by atoms with Gasteiger partial charge in [0.05, 0.1) is 13.2 Å². The smallest absolute Gasteiger partial charge is 0.319 e. The zero-order chi connectivity index (χ0) is 12.8. The number of ether oxygens (including phenoxy) is 2. The summed E-state index contributed by atoms with van der Waals surface area (Å²) in [5.41, 5.74) is 0.871. The van der Waals surface area contributed by atoms with Crippen LogP contribution in [0.15, 0.2) is 6.07 Å². The standard InChI is InChI=1S/C13H21N3O2/c1-3-6-17-12-7-10(2)15-13(16-12)18-9-11-4-5-14-8-11/h7,11,14H,3-6,8-9H2,1-2H3. The van der Waals surface area contributed by atoms with E-state index in [0.29, 0.717) is 31.0 Å². The Hall–Kier alpha value is -1.36. The summed E-state index contributed by atoms with van der Waals surface area (Å²) in [4.78, 5) is 8.53. The molecule has 0 bridgehead atoms. The number of nitrogens with one attached hydrogen (secondary N) is 1. The van der Waals surface area contributed by atoms with Crippen LogP contribution in [0.5, 0.6) is 11.9 Å². The van der Waals surface area contributed by atoms with Crippen LogP contribution >= 0.6 is 0 Å². The molecule has 0 radical (unpaired) electrons. The maximum absolute atomic E-state index is 5.65. The summed E-state index contributed by atoms with van der Waals surface area (Å²) in [7, 11) is 0. The quantitative estimate of drug-likeness (QED) is 0.831. The third-order valence-corrected chi connectivity index (χ3v) is 2.87. The van der Waals surface area contributed by atoms with E-state index in [0.717, 1.165) is 31.6 Å². The highest BCUT2D eigenvalue weighted by atomic mass is 16.5. The lowest BCUT2D eigenvalue weighted by atomic mass is 10.1. The Morgan fingerprint density at radius 2 is 2.28 bits per heavy atom. The van der Waals surface area contributed by atoms with Crippen LogP contribution < -0.4 is 14.8 Å². The summed E-state index contributed by atoms with van der Waals surface area (Å²) >= 11 is 0. The van der Waals surface area contributed by atoms with E-state index in [-0.39, 0.29) is 0 Å². The highest BCUT2D eigenvalue weighted by Gasteiger charge is 2.15. The third-order valence-electron chi connectivity index (χ3n) is 2.87. The molecule has 1 saturated heterocycles. The Balaban J connectivity index is 1.91. The number of aryl methyl sites for hydroxylation is 1. The fourth-order valence-electron chi connectivity index (χ4n) is 1.91. The molecule has 1 fully saturated rings. The largest absolute Gasteiger partial charge is 0.478 e. The predicted octanol–water partition coefficient (Wildman–Crippen LogP) is 1.56. The number of hydrogen-bond acceptors (Lipinski definition) is 5. The van der Waals surface area contributed by atoms with Crippen LogP contribution in [-0.4, -0.2) is 36.3 Å². The van der Waals surface area contributed by atoms with Gasteiger partial charge in [0.25, 0.3) is 0 Å². The molecule has 5 heteroatoms. The molecule has 1 aromatic rings. The first kappa shape index (κ1) is 13.1. The molecule has 0 amide bonds. The van der Waals surface area contributed by atoms with Crippen molar-refractivity contribution in [3.8, 4) is 11.9 Å². The van der Waals surface area contributed by atoms with E-state index in [4.69, 9.17) is 9.47 Å². The van der Waals surface area contributed by atoms with Crippen molar-refractivity contribution in [2.24, 2.45) is 5.92 Å². The van der Waals surface area contributed by atoms with Gasteiger partial charge in [0.15, 0.2) is 0 Å². The van der Waals surface area contributed by atoms with E-state index in [2.05, 4.69) is 22.2 Å². The monoisotopic (exact) mass is 251 g/mol. The predicted molar refractivity (Wildman–Crippen MR) is 69.0 cm³/mol. The summed E-state index contributed by atoms with van der Waals surface area (Å²) in [6, 6.07) is 2.26. The average Bonchev–Trinajstić information content (AvgIpc) is 2.86. The maximum Gasteiger partial charge on any atom is 0.319 e. The molecule has 2 rings (SSSR count). The zero-order valence-corrected chi connectivity index (χ0v) is 11.1. The van der Waals surface area contributed by atoms with Gasteiger partial charge in [-0.05, 0) is 26.3 Å². The van der Waals surface area contributed by atoms with E-state index in [9.17, 15) is 0 Å². The van der Waals surface area contributed by atoms with Crippen LogP contribution in [0.25, 0.3) is 0 Å². The summed E-state index contributed by atoms with van der Waals surface area (Å²) in [5.74, 6) is 1.16. The van der Waals surface area contributed by atoms with E-state index >= 15 is 0 Å². The van der Waals surface area contributed by atoms with Crippen molar-refractivity contribution < 1.29 is 9.47 Å². The second-order valence-electron chi connectivity index (χ2n) is 4.65. The number of rotatable bonds is 6. The minimum atomic E-state index is 0.424. The maximum atomic E-state index is 5.65. The molecule has 1 aliphatic rings. The van der Waals surface area contributed by atoms with Crippen molar-refractivity contribution in [2.75, 3.05) is 26.3 Å². The van der Waals surface area contributed by atoms with E-state index < -0.39 is 0 Å². The molecule has 1 aliphatic heterocycles. The molecule has 0 aromatic carbocycles. The zero-order valence-electron chi connectivity index (χ0n) is 11.1. The Kier molecular flexibility index (Phi) is 4.75. The summed E-state index contributed by atoms with van der Waals surface area (Å²) in [5, 5.41) is 3.31. The van der Waals surface area contributed by atoms with Gasteiger partial charge >= 0.3 is 6.01 Å². The summed E-state index contributed by atoms with van der Waals surface area (Å²) in [6.45, 7) is 7.42. The van der Waals surface area contributed by atoms with Crippen molar-refractivity contribution in [2.45, 2.75) is 26.7 Å². The molecule has 1 atom stereocenters. The van der Waals surface area contributed by atoms with Crippen molar-refractivity contribution in [1.29, 1.82) is 0 Å². The van der Waals surface area contributed by atoms with Gasteiger partial charge < -0.3 is 14.8 Å². The van der Waals surface area contributed by atoms with E-state index in [1.54, 1.807) is 0 Å². The lowest BCUT2D eigenvalue weighted by Gasteiger charge is -2.11. The Morgan fingerprint density at radius 3 is 3.00 bits per heavy atom. The first-order valence-electron chi connectivity index (χ1n) is 6.60. The lowest BCUT2D eigenvalue weighted by molar-refractivity contribution is 0.233. The fraction of sp³-hybridized carbons (Fsp3) is 0.692. The highest BCUT2D eigenvalue weighted by Crippen LogP contribution is 2.15. The van der Waals surface area contributed by atoms with Gasteiger partial charge in [-0.3, -0.25) is 0 Å². The van der Waals surface area contributed by atoms with Crippen LogP contribution in [0.2, 0.25) is 0 Å². The van der Waals surface area contributed by atoms with Crippen molar-refractivity contribution in [1.82, 2.24) is 15.3 Å². The van der Waals surface area contributed by atoms with Crippen molar-refractivity contribution >= 4 is 0 Å². The molecule has 1 N–H and O–H groups in total. The highest BCUT2D eigenvalue weighted by molar-refractivity contribution is 5.17. The second kappa shape index (κ2) is 6.54. The van der Waals surface area contributed by atoms with Gasteiger partial charge in [-0.15, -0.1) is 0 Å². The van der Waals surface area contributed by atoms with Crippen LogP contribution in [-0.2, 0) is 0 Å². The molecule has 0 aliphatic carbocycles. The van der Waals surface area contributed by atoms with Crippen LogP contribution in [0.1, 0.15) is 25.5 Å². The topological polar surface area (TPSA) is 56.3 Å². The Morgan fingerprint density at radius 1 is 1.39 bits per heavy atom. The minimum absolute atomic E-state index is 0.424. The molecular weight excluding hydrogens is 230 g/mol. The normalized spacial score (nSPS) is 18.9. The molecule has 1 unspecified atom stereocenters. The van der Waals surface area contributed by atoms with Crippen molar-refractivity contribution in [3.63, 3.8) is 0 Å². The molecule has 5 nitrogen and oxygen atoms in total. The molecular formula is C13H21N3O2. The van der Waals surface area contributed by atoms with Gasteiger partial charge in [-0.1, -0.05) is 6.92 Å².